The number of benzene rings is 3. The van der Waals surface area contributed by atoms with Crippen LogP contribution in [-0.2, 0) is 0 Å². The fraction of sp³-hybridized carbons (Fsp3) is 0. The zero-order valence-corrected chi connectivity index (χ0v) is 15.0. The average Bonchev–Trinajstić information content (AvgIpc) is 2.68. The predicted octanol–water partition coefficient (Wildman–Crippen LogP) is 5.46. The quantitative estimate of drug-likeness (QED) is 0.580. The minimum absolute atomic E-state index is 0.224. The second kappa shape index (κ2) is 8.34. The van der Waals surface area contributed by atoms with Crippen LogP contribution in [0.3, 0.4) is 0 Å². The monoisotopic (exact) mass is 377 g/mol. The molecule has 0 aliphatic carbocycles. The maximum Gasteiger partial charge on any atom is 0.335 e. The molecule has 0 aromatic heterocycles. The van der Waals surface area contributed by atoms with Crippen LogP contribution in [0, 0.1) is 0 Å². The number of nitrogens with one attached hydrogen (secondary N) is 1. The number of para-hydroxylation sites is 1. The summed E-state index contributed by atoms with van der Waals surface area (Å²) in [6.45, 7) is 0. The fourth-order valence-corrected chi connectivity index (χ4v) is 2.60. The van der Waals surface area contributed by atoms with Crippen LogP contribution in [-0.4, -0.2) is 17.0 Å². The Morgan fingerprint density at radius 2 is 1.44 bits per heavy atom. The normalized spacial score (nSPS) is 10.7. The first-order valence-electron chi connectivity index (χ1n) is 8.20. The van der Waals surface area contributed by atoms with E-state index in [0.717, 1.165) is 11.1 Å². The van der Waals surface area contributed by atoms with Gasteiger partial charge in [-0.15, -0.1) is 0 Å². The van der Waals surface area contributed by atoms with E-state index < -0.39 is 5.97 Å². The van der Waals surface area contributed by atoms with Crippen molar-refractivity contribution in [3.8, 4) is 0 Å². The van der Waals surface area contributed by atoms with Gasteiger partial charge in [-0.3, -0.25) is 4.79 Å². The number of aromatic carboxylic acids is 1. The minimum atomic E-state index is -0.958. The third kappa shape index (κ3) is 4.84. The Morgan fingerprint density at radius 3 is 2.11 bits per heavy atom. The van der Waals surface area contributed by atoms with Gasteiger partial charge >= 0.3 is 5.97 Å². The van der Waals surface area contributed by atoms with Crippen LogP contribution in [0.25, 0.3) is 12.2 Å². The molecule has 0 spiro atoms. The Morgan fingerprint density at radius 1 is 0.815 bits per heavy atom. The minimum Gasteiger partial charge on any atom is -0.478 e. The summed E-state index contributed by atoms with van der Waals surface area (Å²) in [5, 5.41) is 12.4. The number of carbonyl (C=O) groups is 2. The summed E-state index contributed by atoms with van der Waals surface area (Å²) in [5.41, 5.74) is 3.13. The van der Waals surface area contributed by atoms with Gasteiger partial charge in [0, 0.05) is 16.3 Å². The van der Waals surface area contributed by atoms with Gasteiger partial charge in [0.15, 0.2) is 0 Å². The smallest absolute Gasteiger partial charge is 0.335 e. The molecule has 2 N–H and O–H groups in total. The second-order valence-corrected chi connectivity index (χ2v) is 6.25. The third-order valence-electron chi connectivity index (χ3n) is 3.93. The number of carbonyl (C=O) groups excluding carboxylic acids is 1. The zero-order valence-electron chi connectivity index (χ0n) is 14.2. The summed E-state index contributed by atoms with van der Waals surface area (Å²) in [4.78, 5) is 23.3. The molecule has 3 aromatic carbocycles. The van der Waals surface area contributed by atoms with Crippen LogP contribution in [0.1, 0.15) is 31.8 Å². The molecule has 0 aliphatic rings. The maximum atomic E-state index is 12.4. The highest BCUT2D eigenvalue weighted by atomic mass is 35.5. The highest BCUT2D eigenvalue weighted by Gasteiger charge is 2.08. The van der Waals surface area contributed by atoms with E-state index in [0.29, 0.717) is 16.3 Å². The number of amides is 1. The van der Waals surface area contributed by atoms with Gasteiger partial charge in [-0.2, -0.15) is 0 Å². The van der Waals surface area contributed by atoms with E-state index in [1.807, 2.05) is 36.4 Å². The molecule has 0 heterocycles. The molecular formula is C22H16ClNO3. The molecule has 0 saturated heterocycles. The van der Waals surface area contributed by atoms with Crippen LogP contribution in [0.5, 0.6) is 0 Å². The second-order valence-electron chi connectivity index (χ2n) is 5.81. The van der Waals surface area contributed by atoms with Crippen molar-refractivity contribution in [3.63, 3.8) is 0 Å². The number of hydrogen-bond acceptors (Lipinski definition) is 2. The first-order valence-corrected chi connectivity index (χ1v) is 8.58. The van der Waals surface area contributed by atoms with E-state index in [9.17, 15) is 9.59 Å². The van der Waals surface area contributed by atoms with Gasteiger partial charge in [0.1, 0.15) is 0 Å². The van der Waals surface area contributed by atoms with E-state index in [2.05, 4.69) is 5.32 Å². The van der Waals surface area contributed by atoms with Crippen molar-refractivity contribution in [1.82, 2.24) is 0 Å². The largest absolute Gasteiger partial charge is 0.478 e. The first kappa shape index (κ1) is 18.4. The first-order chi connectivity index (χ1) is 13.0. The zero-order chi connectivity index (χ0) is 19.2. The Labute approximate surface area is 161 Å². The van der Waals surface area contributed by atoms with Crippen molar-refractivity contribution in [1.29, 1.82) is 0 Å². The highest BCUT2D eigenvalue weighted by Crippen LogP contribution is 2.20. The lowest BCUT2D eigenvalue weighted by molar-refractivity contribution is 0.0696. The molecule has 0 unspecified atom stereocenters. The van der Waals surface area contributed by atoms with Gasteiger partial charge in [-0.1, -0.05) is 54.1 Å². The molecule has 27 heavy (non-hydrogen) atoms. The molecule has 3 rings (SSSR count). The number of carboxylic acid groups (broad SMARTS) is 1. The molecule has 1 amide bonds. The lowest BCUT2D eigenvalue weighted by atomic mass is 10.1. The van der Waals surface area contributed by atoms with E-state index in [1.54, 1.807) is 48.5 Å². The van der Waals surface area contributed by atoms with Crippen molar-refractivity contribution < 1.29 is 14.7 Å². The van der Waals surface area contributed by atoms with Crippen molar-refractivity contribution in [2.75, 3.05) is 5.32 Å². The van der Waals surface area contributed by atoms with Crippen molar-refractivity contribution >= 4 is 41.3 Å². The van der Waals surface area contributed by atoms with Crippen LogP contribution < -0.4 is 5.32 Å². The number of carboxylic acids is 1. The Hall–Kier alpha value is -3.37. The number of hydrogen-bond donors (Lipinski definition) is 2. The Balaban J connectivity index is 1.78. The molecule has 0 fully saturated rings. The molecule has 134 valence electrons. The van der Waals surface area contributed by atoms with E-state index in [4.69, 9.17) is 16.7 Å². The Bertz CT molecular complexity index is 993. The summed E-state index contributed by atoms with van der Waals surface area (Å²) in [7, 11) is 0. The van der Waals surface area contributed by atoms with Gasteiger partial charge in [0.05, 0.1) is 5.56 Å². The van der Waals surface area contributed by atoms with Crippen molar-refractivity contribution in [3.05, 3.63) is 100 Å². The molecule has 5 heteroatoms. The molecule has 3 aromatic rings. The predicted molar refractivity (Wildman–Crippen MR) is 108 cm³/mol. The standard InChI is InChI=1S/C22H16ClNO3/c23-19-13-11-17(12-14-19)21(25)24-20-4-2-1-3-16(20)8-5-15-6-9-18(10-7-15)22(26)27/h1-14H,(H,24,25)(H,26,27). The lowest BCUT2D eigenvalue weighted by Crippen LogP contribution is -2.12. The topological polar surface area (TPSA) is 66.4 Å². The summed E-state index contributed by atoms with van der Waals surface area (Å²) >= 11 is 5.85. The van der Waals surface area contributed by atoms with Crippen LogP contribution in [0.2, 0.25) is 5.02 Å². The lowest BCUT2D eigenvalue weighted by Gasteiger charge is -2.09. The van der Waals surface area contributed by atoms with Gasteiger partial charge in [-0.25, -0.2) is 4.79 Å². The van der Waals surface area contributed by atoms with E-state index in [-0.39, 0.29) is 11.5 Å². The SMILES string of the molecule is O=C(O)c1ccc(C=Cc2ccccc2NC(=O)c2ccc(Cl)cc2)cc1. The number of rotatable bonds is 5. The van der Waals surface area contributed by atoms with Crippen LogP contribution in [0.4, 0.5) is 5.69 Å². The summed E-state index contributed by atoms with van der Waals surface area (Å²) in [5.74, 6) is -1.18. The third-order valence-corrected chi connectivity index (χ3v) is 4.18. The number of halogens is 1. The summed E-state index contributed by atoms with van der Waals surface area (Å²) in [6.07, 6.45) is 3.73. The molecule has 0 aliphatic heterocycles. The van der Waals surface area contributed by atoms with E-state index in [1.165, 1.54) is 0 Å². The fourth-order valence-electron chi connectivity index (χ4n) is 2.47. The van der Waals surface area contributed by atoms with E-state index >= 15 is 0 Å². The molecule has 0 saturated carbocycles. The van der Waals surface area contributed by atoms with Gasteiger partial charge < -0.3 is 10.4 Å². The maximum absolute atomic E-state index is 12.4. The van der Waals surface area contributed by atoms with Crippen LogP contribution in [0.15, 0.2) is 72.8 Å². The molecule has 4 nitrogen and oxygen atoms in total. The summed E-state index contributed by atoms with van der Waals surface area (Å²) in [6, 6.07) is 20.7. The van der Waals surface area contributed by atoms with Crippen molar-refractivity contribution in [2.24, 2.45) is 0 Å². The highest BCUT2D eigenvalue weighted by molar-refractivity contribution is 6.30. The molecule has 0 bridgehead atoms. The average molecular weight is 378 g/mol. The van der Waals surface area contributed by atoms with Gasteiger partial charge in [0.25, 0.3) is 5.91 Å². The molecule has 0 atom stereocenters. The van der Waals surface area contributed by atoms with Crippen LogP contribution >= 0.6 is 11.6 Å². The summed E-state index contributed by atoms with van der Waals surface area (Å²) < 4.78 is 0. The van der Waals surface area contributed by atoms with Crippen molar-refractivity contribution in [2.45, 2.75) is 0 Å². The molecular weight excluding hydrogens is 362 g/mol. The van der Waals surface area contributed by atoms with Gasteiger partial charge in [-0.05, 0) is 53.6 Å². The van der Waals surface area contributed by atoms with Gasteiger partial charge in [0.2, 0.25) is 0 Å². The Kier molecular flexibility index (Phi) is 5.69. The number of anilines is 1. The molecule has 0 radical (unpaired) electrons.